The Hall–Kier alpha value is -1.12. The van der Waals surface area contributed by atoms with E-state index in [-0.39, 0.29) is 12.6 Å². The minimum absolute atomic E-state index is 0.187. The van der Waals surface area contributed by atoms with E-state index in [9.17, 15) is 5.11 Å². The first-order valence-corrected chi connectivity index (χ1v) is 6.94. The zero-order valence-corrected chi connectivity index (χ0v) is 10.6. The van der Waals surface area contributed by atoms with Crippen molar-refractivity contribution in [3.05, 3.63) is 48.0 Å². The maximum atomic E-state index is 9.52. The van der Waals surface area contributed by atoms with Gasteiger partial charge in [-0.05, 0) is 36.7 Å². The molecule has 0 aliphatic heterocycles. The summed E-state index contributed by atoms with van der Waals surface area (Å²) in [4.78, 5) is 0. The van der Waals surface area contributed by atoms with E-state index in [0.717, 1.165) is 18.3 Å². The van der Waals surface area contributed by atoms with Crippen molar-refractivity contribution in [1.29, 1.82) is 0 Å². The third kappa shape index (κ3) is 2.36. The number of hydrogen-bond donors (Lipinski definition) is 2. The Morgan fingerprint density at radius 2 is 2.11 bits per heavy atom. The lowest BCUT2D eigenvalue weighted by molar-refractivity contribution is 0.129. The number of benzene rings is 1. The van der Waals surface area contributed by atoms with Gasteiger partial charge < -0.3 is 10.4 Å². The van der Waals surface area contributed by atoms with Gasteiger partial charge in [-0.25, -0.2) is 0 Å². The van der Waals surface area contributed by atoms with Crippen LogP contribution in [0.1, 0.15) is 18.4 Å². The second-order valence-corrected chi connectivity index (χ2v) is 5.58. The number of aliphatic hydroxyl groups excluding tert-OH is 1. The second-order valence-electron chi connectivity index (χ2n) is 5.58. The number of rotatable bonds is 5. The molecule has 2 aliphatic carbocycles. The fourth-order valence-corrected chi connectivity index (χ4v) is 3.28. The average Bonchev–Trinajstić information content (AvgIpc) is 2.77. The van der Waals surface area contributed by atoms with E-state index in [1.54, 1.807) is 0 Å². The topological polar surface area (TPSA) is 32.3 Å². The van der Waals surface area contributed by atoms with Gasteiger partial charge in [-0.2, -0.15) is 0 Å². The van der Waals surface area contributed by atoms with Gasteiger partial charge in [0.1, 0.15) is 0 Å². The summed E-state index contributed by atoms with van der Waals surface area (Å²) in [5.74, 6) is 1.59. The number of allylic oxidation sites excluding steroid dienone is 1. The first-order valence-electron chi connectivity index (χ1n) is 6.94. The Labute approximate surface area is 109 Å². The molecule has 3 rings (SSSR count). The van der Waals surface area contributed by atoms with E-state index in [1.165, 1.54) is 18.4 Å². The molecule has 0 heterocycles. The molecule has 0 bridgehead atoms. The van der Waals surface area contributed by atoms with Gasteiger partial charge in [0.05, 0.1) is 6.61 Å². The maximum absolute atomic E-state index is 9.52. The largest absolute Gasteiger partial charge is 0.395 e. The summed E-state index contributed by atoms with van der Waals surface area (Å²) in [6.07, 6.45) is 8.09. The molecule has 1 saturated carbocycles. The molecule has 0 saturated heterocycles. The fraction of sp³-hybridized carbons (Fsp3) is 0.500. The van der Waals surface area contributed by atoms with Crippen LogP contribution in [0.3, 0.4) is 0 Å². The van der Waals surface area contributed by atoms with Crippen LogP contribution in [0.25, 0.3) is 0 Å². The van der Waals surface area contributed by atoms with Gasteiger partial charge in [-0.1, -0.05) is 42.5 Å². The summed E-state index contributed by atoms with van der Waals surface area (Å²) in [6.45, 7) is 0.215. The lowest BCUT2D eigenvalue weighted by Crippen LogP contribution is -2.53. The van der Waals surface area contributed by atoms with Crippen molar-refractivity contribution in [2.45, 2.75) is 31.3 Å². The molecule has 2 heteroatoms. The molecule has 2 N–H and O–H groups in total. The third-order valence-electron chi connectivity index (χ3n) is 4.36. The summed E-state index contributed by atoms with van der Waals surface area (Å²) >= 11 is 0. The molecule has 96 valence electrons. The van der Waals surface area contributed by atoms with Crippen LogP contribution in [0.4, 0.5) is 0 Å². The van der Waals surface area contributed by atoms with Gasteiger partial charge >= 0.3 is 0 Å². The van der Waals surface area contributed by atoms with Crippen molar-refractivity contribution in [2.75, 3.05) is 6.61 Å². The molecular formula is C16H21NO. The van der Waals surface area contributed by atoms with Gasteiger partial charge in [0.25, 0.3) is 0 Å². The maximum Gasteiger partial charge on any atom is 0.0587 e. The molecule has 0 spiro atoms. The van der Waals surface area contributed by atoms with Crippen molar-refractivity contribution < 1.29 is 5.11 Å². The smallest absolute Gasteiger partial charge is 0.0587 e. The van der Waals surface area contributed by atoms with Crippen LogP contribution >= 0.6 is 0 Å². The van der Waals surface area contributed by atoms with Crippen molar-refractivity contribution in [1.82, 2.24) is 5.32 Å². The van der Waals surface area contributed by atoms with Crippen LogP contribution in [-0.4, -0.2) is 23.8 Å². The molecule has 0 amide bonds. The molecule has 2 aliphatic rings. The van der Waals surface area contributed by atoms with E-state index < -0.39 is 0 Å². The average molecular weight is 243 g/mol. The predicted molar refractivity (Wildman–Crippen MR) is 73.3 cm³/mol. The van der Waals surface area contributed by atoms with E-state index >= 15 is 0 Å². The van der Waals surface area contributed by atoms with Crippen molar-refractivity contribution in [2.24, 2.45) is 11.8 Å². The first kappa shape index (κ1) is 11.9. The number of hydrogen-bond acceptors (Lipinski definition) is 2. The standard InChI is InChI=1S/C16H21NO/c18-11-14(9-12-5-2-1-3-6-12)17-16-10-13-7-4-8-15(13)16/h1-6,8,13-18H,7,9-11H2/t13?,14-,15?,16?/m1/s1. The van der Waals surface area contributed by atoms with Gasteiger partial charge in [0.15, 0.2) is 0 Å². The second kappa shape index (κ2) is 5.25. The minimum Gasteiger partial charge on any atom is -0.395 e. The van der Waals surface area contributed by atoms with Gasteiger partial charge in [0, 0.05) is 12.1 Å². The van der Waals surface area contributed by atoms with E-state index in [4.69, 9.17) is 0 Å². The number of fused-ring (bicyclic) bond motifs is 1. The predicted octanol–water partition coefficient (Wildman–Crippen LogP) is 2.14. The highest BCUT2D eigenvalue weighted by molar-refractivity contribution is 5.17. The third-order valence-corrected chi connectivity index (χ3v) is 4.36. The zero-order chi connectivity index (χ0) is 12.4. The lowest BCUT2D eigenvalue weighted by Gasteiger charge is -2.42. The van der Waals surface area contributed by atoms with Crippen molar-refractivity contribution in [3.63, 3.8) is 0 Å². The summed E-state index contributed by atoms with van der Waals surface area (Å²) in [5, 5.41) is 13.1. The van der Waals surface area contributed by atoms with Crippen molar-refractivity contribution >= 4 is 0 Å². The molecule has 0 aromatic heterocycles. The summed E-state index contributed by atoms with van der Waals surface area (Å²) in [7, 11) is 0. The molecule has 18 heavy (non-hydrogen) atoms. The Morgan fingerprint density at radius 1 is 1.28 bits per heavy atom. The molecular weight excluding hydrogens is 222 g/mol. The van der Waals surface area contributed by atoms with Crippen molar-refractivity contribution in [3.8, 4) is 0 Å². The minimum atomic E-state index is 0.187. The Kier molecular flexibility index (Phi) is 3.48. The molecule has 1 aromatic rings. The van der Waals surface area contributed by atoms with Gasteiger partial charge in [0.2, 0.25) is 0 Å². The van der Waals surface area contributed by atoms with Crippen LogP contribution in [0.15, 0.2) is 42.5 Å². The molecule has 1 aromatic carbocycles. The summed E-state index contributed by atoms with van der Waals surface area (Å²) in [6, 6.07) is 11.2. The normalized spacial score (nSPS) is 30.8. The first-order chi connectivity index (χ1) is 8.86. The van der Waals surface area contributed by atoms with Crippen LogP contribution in [0, 0.1) is 11.8 Å². The van der Waals surface area contributed by atoms with Crippen LogP contribution in [0.5, 0.6) is 0 Å². The number of aliphatic hydroxyl groups is 1. The SMILES string of the molecule is OC[C@@H](Cc1ccccc1)NC1CC2CC=CC21. The molecule has 2 nitrogen and oxygen atoms in total. The van der Waals surface area contributed by atoms with Gasteiger partial charge in [-0.15, -0.1) is 0 Å². The molecule has 3 unspecified atom stereocenters. The summed E-state index contributed by atoms with van der Waals surface area (Å²) in [5.41, 5.74) is 1.29. The van der Waals surface area contributed by atoms with Crippen LogP contribution in [-0.2, 0) is 6.42 Å². The lowest BCUT2D eigenvalue weighted by atomic mass is 9.71. The highest BCUT2D eigenvalue weighted by atomic mass is 16.3. The van der Waals surface area contributed by atoms with E-state index in [1.807, 2.05) is 6.07 Å². The fourth-order valence-electron chi connectivity index (χ4n) is 3.28. The molecule has 1 fully saturated rings. The zero-order valence-electron chi connectivity index (χ0n) is 10.6. The Morgan fingerprint density at radius 3 is 2.83 bits per heavy atom. The monoisotopic (exact) mass is 243 g/mol. The Balaban J connectivity index is 1.55. The quantitative estimate of drug-likeness (QED) is 0.777. The molecule has 4 atom stereocenters. The highest BCUT2D eigenvalue weighted by Crippen LogP contribution is 2.42. The highest BCUT2D eigenvalue weighted by Gasteiger charge is 2.41. The Bertz CT molecular complexity index is 414. The van der Waals surface area contributed by atoms with Crippen LogP contribution < -0.4 is 5.32 Å². The van der Waals surface area contributed by atoms with Gasteiger partial charge in [-0.3, -0.25) is 0 Å². The summed E-state index contributed by atoms with van der Waals surface area (Å²) < 4.78 is 0. The van der Waals surface area contributed by atoms with E-state index in [2.05, 4.69) is 41.7 Å². The van der Waals surface area contributed by atoms with Crippen LogP contribution in [0.2, 0.25) is 0 Å². The molecule has 0 radical (unpaired) electrons. The number of nitrogens with one attached hydrogen (secondary N) is 1. The van der Waals surface area contributed by atoms with E-state index in [0.29, 0.717) is 6.04 Å².